The van der Waals surface area contributed by atoms with Gasteiger partial charge in [-0.3, -0.25) is 9.36 Å². The van der Waals surface area contributed by atoms with Crippen LogP contribution >= 0.6 is 0 Å². The van der Waals surface area contributed by atoms with Crippen LogP contribution in [0.1, 0.15) is 53.8 Å². The molecule has 1 saturated carbocycles. The lowest BCUT2D eigenvalue weighted by Crippen LogP contribution is -2.39. The first kappa shape index (κ1) is 16.1. The monoisotopic (exact) mass is 344 g/mol. The molecule has 0 bridgehead atoms. The summed E-state index contributed by atoms with van der Waals surface area (Å²) in [5.74, 6) is 0.256. The Balaban J connectivity index is 1.49. The fourth-order valence-electron chi connectivity index (χ4n) is 3.60. The van der Waals surface area contributed by atoms with Crippen LogP contribution in [0.25, 0.3) is 0 Å². The van der Waals surface area contributed by atoms with Gasteiger partial charge in [0.05, 0.1) is 5.56 Å². The number of aryl methyl sites for hydroxylation is 1. The van der Waals surface area contributed by atoms with Crippen molar-refractivity contribution in [1.82, 2.24) is 19.2 Å². The Morgan fingerprint density at radius 3 is 2.48 bits per heavy atom. The molecule has 0 unspecified atom stereocenters. The maximum atomic E-state index is 13.8. The van der Waals surface area contributed by atoms with Crippen LogP contribution in [0, 0.1) is 5.82 Å². The molecule has 7 heteroatoms. The van der Waals surface area contributed by atoms with Gasteiger partial charge < -0.3 is 4.90 Å². The number of likely N-dealkylation sites (tertiary alicyclic amines) is 1. The third kappa shape index (κ3) is 2.88. The van der Waals surface area contributed by atoms with Gasteiger partial charge in [0.15, 0.2) is 0 Å². The molecule has 0 atom stereocenters. The molecule has 0 radical (unpaired) electrons. The fraction of sp³-hybridized carbons (Fsp3) is 0.500. The summed E-state index contributed by atoms with van der Waals surface area (Å²) in [5.41, 5.74) is 0.0658. The molecule has 1 aliphatic heterocycles. The molecule has 1 saturated heterocycles. The van der Waals surface area contributed by atoms with E-state index in [1.807, 2.05) is 4.57 Å². The number of carbonyl (C=O) groups excluding carboxylic acids is 1. The minimum Gasteiger partial charge on any atom is -0.339 e. The largest absolute Gasteiger partial charge is 0.345 e. The van der Waals surface area contributed by atoms with Gasteiger partial charge in [0.2, 0.25) is 0 Å². The number of halogens is 1. The van der Waals surface area contributed by atoms with Crippen molar-refractivity contribution in [1.29, 1.82) is 0 Å². The summed E-state index contributed by atoms with van der Waals surface area (Å²) in [5, 5.41) is 4.44. The SMILES string of the molecule is Cn1nc(C2CCN(C(=O)c3ccccc3F)CC2)n(C2CC2)c1=O. The van der Waals surface area contributed by atoms with Gasteiger partial charge in [0, 0.05) is 32.1 Å². The number of hydrogen-bond acceptors (Lipinski definition) is 3. The molecule has 25 heavy (non-hydrogen) atoms. The normalized spacial score (nSPS) is 18.6. The number of rotatable bonds is 3. The Labute approximate surface area is 144 Å². The number of piperidine rings is 1. The van der Waals surface area contributed by atoms with Crippen molar-refractivity contribution >= 4 is 5.91 Å². The molecule has 1 aromatic heterocycles. The van der Waals surface area contributed by atoms with Gasteiger partial charge in [-0.1, -0.05) is 12.1 Å². The second-order valence-electron chi connectivity index (χ2n) is 6.91. The first-order valence-electron chi connectivity index (χ1n) is 8.75. The first-order chi connectivity index (χ1) is 12.1. The van der Waals surface area contributed by atoms with Gasteiger partial charge in [0.1, 0.15) is 11.6 Å². The van der Waals surface area contributed by atoms with E-state index in [-0.39, 0.29) is 29.1 Å². The van der Waals surface area contributed by atoms with Crippen molar-refractivity contribution in [3.05, 3.63) is 52.0 Å². The number of amides is 1. The van der Waals surface area contributed by atoms with Crippen LogP contribution in [0.4, 0.5) is 4.39 Å². The van der Waals surface area contributed by atoms with E-state index in [4.69, 9.17) is 0 Å². The van der Waals surface area contributed by atoms with Gasteiger partial charge in [-0.05, 0) is 37.8 Å². The smallest absolute Gasteiger partial charge is 0.339 e. The fourth-order valence-corrected chi connectivity index (χ4v) is 3.60. The molecule has 2 aliphatic rings. The van der Waals surface area contributed by atoms with E-state index in [0.717, 1.165) is 31.5 Å². The van der Waals surface area contributed by atoms with Crippen molar-refractivity contribution in [2.75, 3.05) is 13.1 Å². The summed E-state index contributed by atoms with van der Waals surface area (Å²) in [4.78, 5) is 26.5. The molecule has 1 aromatic carbocycles. The molecule has 2 aromatic rings. The molecular weight excluding hydrogens is 323 g/mol. The summed E-state index contributed by atoms with van der Waals surface area (Å²) in [7, 11) is 1.68. The second-order valence-corrected chi connectivity index (χ2v) is 6.91. The first-order valence-corrected chi connectivity index (χ1v) is 8.75. The van der Waals surface area contributed by atoms with Crippen molar-refractivity contribution in [3.63, 3.8) is 0 Å². The Kier molecular flexibility index (Phi) is 3.94. The lowest BCUT2D eigenvalue weighted by molar-refractivity contribution is 0.0705. The third-order valence-corrected chi connectivity index (χ3v) is 5.15. The number of nitrogens with zero attached hydrogens (tertiary/aromatic N) is 4. The number of carbonyl (C=O) groups is 1. The van der Waals surface area contributed by atoms with E-state index in [1.54, 1.807) is 24.1 Å². The second kappa shape index (κ2) is 6.13. The van der Waals surface area contributed by atoms with Crippen LogP contribution in [0.3, 0.4) is 0 Å². The summed E-state index contributed by atoms with van der Waals surface area (Å²) >= 11 is 0. The van der Waals surface area contributed by atoms with Crippen LogP contribution in [0.5, 0.6) is 0 Å². The zero-order valence-electron chi connectivity index (χ0n) is 14.2. The van der Waals surface area contributed by atoms with Crippen molar-refractivity contribution in [2.45, 2.75) is 37.6 Å². The molecule has 0 spiro atoms. The van der Waals surface area contributed by atoms with Crippen LogP contribution in [0.15, 0.2) is 29.1 Å². The Hall–Kier alpha value is -2.44. The molecule has 0 N–H and O–H groups in total. The summed E-state index contributed by atoms with van der Waals surface area (Å²) in [6.45, 7) is 1.10. The average Bonchev–Trinajstić information content (AvgIpc) is 3.41. The lowest BCUT2D eigenvalue weighted by Gasteiger charge is -2.31. The van der Waals surface area contributed by atoms with E-state index in [2.05, 4.69) is 5.10 Å². The van der Waals surface area contributed by atoms with E-state index in [1.165, 1.54) is 16.8 Å². The Morgan fingerprint density at radius 2 is 1.84 bits per heavy atom. The maximum absolute atomic E-state index is 13.8. The zero-order valence-corrected chi connectivity index (χ0v) is 14.2. The Morgan fingerprint density at radius 1 is 1.16 bits per heavy atom. The molecule has 1 aliphatic carbocycles. The molecule has 6 nitrogen and oxygen atoms in total. The van der Waals surface area contributed by atoms with E-state index in [0.29, 0.717) is 13.1 Å². The quantitative estimate of drug-likeness (QED) is 0.856. The summed E-state index contributed by atoms with van der Waals surface area (Å²) in [6.07, 6.45) is 3.54. The topological polar surface area (TPSA) is 60.1 Å². The molecule has 4 rings (SSSR count). The highest BCUT2D eigenvalue weighted by molar-refractivity contribution is 5.94. The van der Waals surface area contributed by atoms with Crippen LogP contribution < -0.4 is 5.69 Å². The molecular formula is C18H21FN4O2. The van der Waals surface area contributed by atoms with Gasteiger partial charge >= 0.3 is 5.69 Å². The van der Waals surface area contributed by atoms with Crippen molar-refractivity contribution < 1.29 is 9.18 Å². The number of hydrogen-bond donors (Lipinski definition) is 0. The minimum atomic E-state index is -0.484. The highest BCUT2D eigenvalue weighted by atomic mass is 19.1. The third-order valence-electron chi connectivity index (χ3n) is 5.15. The predicted octanol–water partition coefficient (Wildman–Crippen LogP) is 2.08. The highest BCUT2D eigenvalue weighted by Gasteiger charge is 2.34. The zero-order chi connectivity index (χ0) is 17.6. The van der Waals surface area contributed by atoms with E-state index >= 15 is 0 Å². The standard InChI is InChI=1S/C18H21FN4O2/c1-21-18(25)23(13-6-7-13)16(20-21)12-8-10-22(11-9-12)17(24)14-4-2-3-5-15(14)19/h2-5,12-13H,6-11H2,1H3. The van der Waals surface area contributed by atoms with Gasteiger partial charge in [-0.25, -0.2) is 13.9 Å². The van der Waals surface area contributed by atoms with Crippen molar-refractivity contribution in [3.8, 4) is 0 Å². The average molecular weight is 344 g/mol. The maximum Gasteiger partial charge on any atom is 0.345 e. The Bertz CT molecular complexity index is 860. The van der Waals surface area contributed by atoms with Crippen LogP contribution in [-0.2, 0) is 7.05 Å². The molecule has 2 fully saturated rings. The van der Waals surface area contributed by atoms with E-state index in [9.17, 15) is 14.0 Å². The summed E-state index contributed by atoms with van der Waals surface area (Å²) < 4.78 is 17.1. The van der Waals surface area contributed by atoms with Crippen LogP contribution in [0.2, 0.25) is 0 Å². The number of benzene rings is 1. The van der Waals surface area contributed by atoms with Gasteiger partial charge in [-0.15, -0.1) is 0 Å². The molecule has 2 heterocycles. The van der Waals surface area contributed by atoms with Crippen LogP contribution in [-0.4, -0.2) is 38.2 Å². The number of aromatic nitrogens is 3. The molecule has 132 valence electrons. The minimum absolute atomic E-state index is 0.0534. The van der Waals surface area contributed by atoms with Gasteiger partial charge in [0.25, 0.3) is 5.91 Å². The van der Waals surface area contributed by atoms with E-state index < -0.39 is 5.82 Å². The molecule has 1 amide bonds. The predicted molar refractivity (Wildman–Crippen MR) is 90.0 cm³/mol. The van der Waals surface area contributed by atoms with Gasteiger partial charge in [-0.2, -0.15) is 5.10 Å². The summed E-state index contributed by atoms with van der Waals surface area (Å²) in [6, 6.07) is 6.37. The van der Waals surface area contributed by atoms with Crippen molar-refractivity contribution in [2.24, 2.45) is 7.05 Å². The highest BCUT2D eigenvalue weighted by Crippen LogP contribution is 2.37. The lowest BCUT2D eigenvalue weighted by atomic mass is 9.95.